The van der Waals surface area contributed by atoms with Gasteiger partial charge in [-0.2, -0.15) is 13.2 Å². The van der Waals surface area contributed by atoms with Gasteiger partial charge in [-0.1, -0.05) is 6.07 Å². The molecule has 0 saturated heterocycles. The summed E-state index contributed by atoms with van der Waals surface area (Å²) in [5.41, 5.74) is 3.63. The minimum Gasteiger partial charge on any atom is -0.497 e. The minimum absolute atomic E-state index is 0.202. The molecule has 2 heterocycles. The zero-order chi connectivity index (χ0) is 25.5. The third-order valence-corrected chi connectivity index (χ3v) is 6.03. The minimum atomic E-state index is -4.47. The molecular formula is C26H24F3N3O3. The summed E-state index contributed by atoms with van der Waals surface area (Å²) in [7, 11) is 1.56. The third-order valence-electron chi connectivity index (χ3n) is 6.03. The lowest BCUT2D eigenvalue weighted by Gasteiger charge is -2.25. The summed E-state index contributed by atoms with van der Waals surface area (Å²) in [4.78, 5) is 32.5. The van der Waals surface area contributed by atoms with Crippen molar-refractivity contribution in [3.63, 3.8) is 0 Å². The second kappa shape index (κ2) is 9.05. The van der Waals surface area contributed by atoms with Crippen molar-refractivity contribution in [3.05, 3.63) is 71.0 Å². The van der Waals surface area contributed by atoms with E-state index in [0.29, 0.717) is 22.8 Å². The van der Waals surface area contributed by atoms with Crippen molar-refractivity contribution in [3.8, 4) is 16.9 Å². The summed E-state index contributed by atoms with van der Waals surface area (Å²) in [5, 5.41) is 2.59. The zero-order valence-electron chi connectivity index (χ0n) is 19.7. The highest BCUT2D eigenvalue weighted by Gasteiger charge is 2.34. The molecule has 0 radical (unpaired) electrons. The Bertz CT molecular complexity index is 1300. The van der Waals surface area contributed by atoms with Crippen molar-refractivity contribution in [1.29, 1.82) is 0 Å². The van der Waals surface area contributed by atoms with Gasteiger partial charge in [0, 0.05) is 22.6 Å². The fraction of sp³-hybridized carbons (Fsp3) is 0.269. The van der Waals surface area contributed by atoms with Crippen molar-refractivity contribution >= 4 is 23.2 Å². The van der Waals surface area contributed by atoms with E-state index in [9.17, 15) is 22.8 Å². The van der Waals surface area contributed by atoms with Crippen molar-refractivity contribution in [2.24, 2.45) is 0 Å². The smallest absolute Gasteiger partial charge is 0.416 e. The summed E-state index contributed by atoms with van der Waals surface area (Å²) in [6, 6.07) is 11.4. The third kappa shape index (κ3) is 4.71. The number of fused-ring (bicyclic) bond motifs is 3. The molecule has 1 N–H and O–H groups in total. The van der Waals surface area contributed by atoms with Crippen LogP contribution in [0.25, 0.3) is 11.1 Å². The highest BCUT2D eigenvalue weighted by Crippen LogP contribution is 2.44. The Morgan fingerprint density at radius 2 is 1.80 bits per heavy atom. The molecule has 1 unspecified atom stereocenters. The van der Waals surface area contributed by atoms with Crippen LogP contribution in [0, 0.1) is 13.8 Å². The van der Waals surface area contributed by atoms with Gasteiger partial charge in [0.05, 0.1) is 24.3 Å². The van der Waals surface area contributed by atoms with Gasteiger partial charge in [-0.25, -0.2) is 0 Å². The van der Waals surface area contributed by atoms with Gasteiger partial charge in [0.1, 0.15) is 12.3 Å². The zero-order valence-corrected chi connectivity index (χ0v) is 19.7. The summed E-state index contributed by atoms with van der Waals surface area (Å²) in [6.45, 7) is 5.11. The second-order valence-electron chi connectivity index (χ2n) is 8.47. The molecule has 1 aliphatic rings. The van der Waals surface area contributed by atoms with Crippen molar-refractivity contribution in [2.75, 3.05) is 23.9 Å². The first kappa shape index (κ1) is 24.3. The summed E-state index contributed by atoms with van der Waals surface area (Å²) < 4.78 is 43.9. The molecule has 3 aromatic rings. The van der Waals surface area contributed by atoms with Crippen LogP contribution in [0.3, 0.4) is 0 Å². The van der Waals surface area contributed by atoms with Crippen LogP contribution >= 0.6 is 0 Å². The van der Waals surface area contributed by atoms with Crippen LogP contribution in [-0.2, 0) is 15.8 Å². The van der Waals surface area contributed by atoms with Gasteiger partial charge in [-0.05, 0) is 74.4 Å². The predicted molar refractivity (Wildman–Crippen MR) is 127 cm³/mol. The average molecular weight is 483 g/mol. The lowest BCUT2D eigenvalue weighted by Crippen LogP contribution is -2.40. The van der Waals surface area contributed by atoms with Gasteiger partial charge < -0.3 is 15.0 Å². The Balaban J connectivity index is 1.71. The van der Waals surface area contributed by atoms with E-state index in [1.54, 1.807) is 33.1 Å². The fourth-order valence-electron chi connectivity index (χ4n) is 4.35. The topological polar surface area (TPSA) is 71.5 Å². The van der Waals surface area contributed by atoms with Gasteiger partial charge in [-0.3, -0.25) is 14.6 Å². The van der Waals surface area contributed by atoms with Crippen molar-refractivity contribution < 1.29 is 27.5 Å². The molecule has 2 aromatic carbocycles. The molecule has 0 saturated carbocycles. The van der Waals surface area contributed by atoms with E-state index in [1.165, 1.54) is 17.0 Å². The lowest BCUT2D eigenvalue weighted by molar-refractivity contribution is -0.137. The number of aryl methyl sites for hydroxylation is 2. The number of nitrogens with zero attached hydrogens (tertiary/aromatic N) is 2. The molecule has 0 bridgehead atoms. The number of methoxy groups -OCH3 is 1. The lowest BCUT2D eigenvalue weighted by atomic mass is 9.91. The van der Waals surface area contributed by atoms with E-state index in [2.05, 4.69) is 10.3 Å². The highest BCUT2D eigenvalue weighted by atomic mass is 19.4. The average Bonchev–Trinajstić information content (AvgIpc) is 2.88. The normalized spacial score (nSPS) is 15.2. The van der Waals surface area contributed by atoms with Gasteiger partial charge in [0.15, 0.2) is 0 Å². The largest absolute Gasteiger partial charge is 0.497 e. The van der Waals surface area contributed by atoms with Crippen LogP contribution in [0.4, 0.5) is 24.5 Å². The number of benzene rings is 2. The number of hydrogen-bond acceptors (Lipinski definition) is 4. The van der Waals surface area contributed by atoms with Crippen LogP contribution in [0.2, 0.25) is 0 Å². The van der Waals surface area contributed by atoms with Crippen LogP contribution < -0.4 is 15.0 Å². The molecule has 2 amide bonds. The summed E-state index contributed by atoms with van der Waals surface area (Å²) in [6.07, 6.45) is -4.47. The van der Waals surface area contributed by atoms with Gasteiger partial charge >= 0.3 is 6.18 Å². The number of alkyl halides is 3. The Kier molecular flexibility index (Phi) is 6.27. The standard InChI is InChI=1S/C26H24F3N3O3/c1-14-11-22-24(16(3)30-14)21-12-19(35-4)9-10-20(21)15(2)25(34)32(22)13-23(33)31-18-7-5-17(6-8-18)26(27,28)29/h5-12,15H,13H2,1-4H3,(H,31,33). The van der Waals surface area contributed by atoms with Gasteiger partial charge in [0.25, 0.3) is 0 Å². The number of amides is 2. The number of ether oxygens (including phenoxy) is 1. The Morgan fingerprint density at radius 3 is 2.43 bits per heavy atom. The first-order valence-electron chi connectivity index (χ1n) is 10.9. The first-order valence-corrected chi connectivity index (χ1v) is 10.9. The number of carbonyl (C=O) groups is 2. The number of nitrogens with one attached hydrogen (secondary N) is 1. The number of rotatable bonds is 4. The number of hydrogen-bond donors (Lipinski definition) is 1. The maximum atomic E-state index is 13.6. The second-order valence-corrected chi connectivity index (χ2v) is 8.47. The molecule has 6 nitrogen and oxygen atoms in total. The van der Waals surface area contributed by atoms with Crippen LogP contribution in [0.5, 0.6) is 5.75 Å². The van der Waals surface area contributed by atoms with Crippen molar-refractivity contribution in [1.82, 2.24) is 4.98 Å². The SMILES string of the molecule is COc1ccc2c(c1)-c1c(cc(C)nc1C)N(CC(=O)Nc1ccc(C(F)(F)F)cc1)C(=O)C2C. The maximum absolute atomic E-state index is 13.6. The molecule has 1 aromatic heterocycles. The molecular weight excluding hydrogens is 459 g/mol. The fourth-order valence-corrected chi connectivity index (χ4v) is 4.35. The molecule has 0 spiro atoms. The predicted octanol–water partition coefficient (Wildman–Crippen LogP) is 5.48. The van der Waals surface area contributed by atoms with E-state index in [1.807, 2.05) is 19.1 Å². The number of aromatic nitrogens is 1. The molecule has 4 rings (SSSR count). The molecule has 182 valence electrons. The number of carbonyl (C=O) groups excluding carboxylic acids is 2. The molecule has 0 aliphatic carbocycles. The van der Waals surface area contributed by atoms with Gasteiger partial charge in [-0.15, -0.1) is 0 Å². The van der Waals surface area contributed by atoms with Crippen LogP contribution in [0.15, 0.2) is 48.5 Å². The molecule has 35 heavy (non-hydrogen) atoms. The molecule has 1 atom stereocenters. The Morgan fingerprint density at radius 1 is 1.11 bits per heavy atom. The van der Waals surface area contributed by atoms with Crippen LogP contribution in [0.1, 0.15) is 35.4 Å². The highest BCUT2D eigenvalue weighted by molar-refractivity contribution is 6.09. The number of anilines is 2. The number of pyridine rings is 1. The van der Waals surface area contributed by atoms with Crippen LogP contribution in [-0.4, -0.2) is 30.5 Å². The van der Waals surface area contributed by atoms with E-state index in [0.717, 1.165) is 28.8 Å². The van der Waals surface area contributed by atoms with E-state index >= 15 is 0 Å². The first-order chi connectivity index (χ1) is 16.5. The molecule has 9 heteroatoms. The maximum Gasteiger partial charge on any atom is 0.416 e. The molecule has 0 fully saturated rings. The van der Waals surface area contributed by atoms with E-state index in [4.69, 9.17) is 4.74 Å². The quantitative estimate of drug-likeness (QED) is 0.533. The Hall–Kier alpha value is -3.88. The van der Waals surface area contributed by atoms with E-state index < -0.39 is 23.6 Å². The summed E-state index contributed by atoms with van der Waals surface area (Å²) in [5.74, 6) is -0.737. The monoisotopic (exact) mass is 483 g/mol. The summed E-state index contributed by atoms with van der Waals surface area (Å²) >= 11 is 0. The molecule has 1 aliphatic heterocycles. The van der Waals surface area contributed by atoms with E-state index in [-0.39, 0.29) is 18.1 Å². The Labute approximate surface area is 200 Å². The number of halogens is 3. The van der Waals surface area contributed by atoms with Gasteiger partial charge in [0.2, 0.25) is 11.8 Å². The van der Waals surface area contributed by atoms with Crippen molar-refractivity contribution in [2.45, 2.75) is 32.9 Å².